The summed E-state index contributed by atoms with van der Waals surface area (Å²) in [7, 11) is 5.54. The highest BCUT2D eigenvalue weighted by Crippen LogP contribution is 2.32. The summed E-state index contributed by atoms with van der Waals surface area (Å²) < 4.78 is 12.5. The first-order valence-corrected chi connectivity index (χ1v) is 16.9. The van der Waals surface area contributed by atoms with E-state index in [2.05, 4.69) is 39.8 Å². The smallest absolute Gasteiger partial charge is 0.409 e. The molecule has 0 spiro atoms. The highest BCUT2D eigenvalue weighted by molar-refractivity contribution is 6.00. The molecule has 2 aromatic heterocycles. The molecule has 14 heteroatoms. The number of fused-ring (bicyclic) bond motifs is 1. The van der Waals surface area contributed by atoms with Crippen molar-refractivity contribution in [3.8, 4) is 11.4 Å². The molecule has 3 amide bonds. The van der Waals surface area contributed by atoms with E-state index in [9.17, 15) is 9.59 Å². The molecule has 2 fully saturated rings. The Labute approximate surface area is 286 Å². The van der Waals surface area contributed by atoms with Gasteiger partial charge in [0, 0.05) is 56.2 Å². The van der Waals surface area contributed by atoms with E-state index in [1.807, 2.05) is 59.4 Å². The quantitative estimate of drug-likeness (QED) is 0.200. The van der Waals surface area contributed by atoms with Crippen LogP contribution in [0.25, 0.3) is 22.4 Å². The van der Waals surface area contributed by atoms with E-state index in [1.54, 1.807) is 4.90 Å². The highest BCUT2D eigenvalue weighted by Gasteiger charge is 2.28. The molecule has 2 saturated heterocycles. The van der Waals surface area contributed by atoms with E-state index in [0.29, 0.717) is 37.8 Å². The summed E-state index contributed by atoms with van der Waals surface area (Å²) >= 11 is 0. The number of amides is 3. The number of piperidine rings is 1. The predicted octanol–water partition coefficient (Wildman–Crippen LogP) is 4.07. The standard InChI is InChI=1S/C35H46N10O4/c1-42(2)19-16-36-15-12-25-4-8-27(9-5-25)38-34(46)39-28-10-6-26(7-11-28)31-40-32(43-20-22-49-23-21-43)30-24-37-45(33(30)41-31)29-13-17-44(18-14-29)35(47)48-3/h4-11,24,29,36H,12-23H2,1-3H3,(H2,38,39,46). The summed E-state index contributed by atoms with van der Waals surface area (Å²) in [5, 5.41) is 14.9. The van der Waals surface area contributed by atoms with E-state index in [4.69, 9.17) is 24.5 Å². The molecule has 2 aliphatic heterocycles. The summed E-state index contributed by atoms with van der Waals surface area (Å²) in [5.41, 5.74) is 4.17. The molecule has 0 unspecified atom stereocenters. The molecule has 4 heterocycles. The second kappa shape index (κ2) is 16.1. The Hall–Kier alpha value is -4.79. The highest BCUT2D eigenvalue weighted by atomic mass is 16.5. The third-order valence-corrected chi connectivity index (χ3v) is 8.93. The lowest BCUT2D eigenvalue weighted by molar-refractivity contribution is 0.106. The van der Waals surface area contributed by atoms with Crippen LogP contribution in [0.5, 0.6) is 0 Å². The zero-order valence-corrected chi connectivity index (χ0v) is 28.5. The third-order valence-electron chi connectivity index (χ3n) is 8.93. The van der Waals surface area contributed by atoms with Crippen molar-refractivity contribution < 1.29 is 19.1 Å². The summed E-state index contributed by atoms with van der Waals surface area (Å²) in [6.07, 6.45) is 3.97. The number of anilines is 3. The maximum atomic E-state index is 12.8. The van der Waals surface area contributed by atoms with Gasteiger partial charge >= 0.3 is 12.1 Å². The molecule has 3 N–H and O–H groups in total. The van der Waals surface area contributed by atoms with Crippen LogP contribution in [0.4, 0.5) is 26.8 Å². The number of nitrogens with zero attached hydrogens (tertiary/aromatic N) is 7. The number of nitrogens with one attached hydrogen (secondary N) is 3. The Bertz CT molecular complexity index is 1700. The number of benzene rings is 2. The fourth-order valence-electron chi connectivity index (χ4n) is 6.16. The molecule has 0 atom stereocenters. The molecular formula is C35H46N10O4. The van der Waals surface area contributed by atoms with Gasteiger partial charge in [-0.2, -0.15) is 5.10 Å². The van der Waals surface area contributed by atoms with Crippen molar-refractivity contribution in [3.05, 3.63) is 60.3 Å². The first-order chi connectivity index (χ1) is 23.9. The lowest BCUT2D eigenvalue weighted by Crippen LogP contribution is -2.39. The van der Waals surface area contributed by atoms with Crippen molar-refractivity contribution in [2.75, 3.05) is 95.8 Å². The van der Waals surface area contributed by atoms with Crippen molar-refractivity contribution in [1.29, 1.82) is 0 Å². The largest absolute Gasteiger partial charge is 0.453 e. The van der Waals surface area contributed by atoms with Gasteiger partial charge in [0.25, 0.3) is 0 Å². The topological polar surface area (TPSA) is 142 Å². The Morgan fingerprint density at radius 1 is 0.918 bits per heavy atom. The van der Waals surface area contributed by atoms with E-state index in [-0.39, 0.29) is 18.2 Å². The molecule has 2 aromatic carbocycles. The number of likely N-dealkylation sites (tertiary alicyclic amines) is 1. The SMILES string of the molecule is COC(=O)N1CCC(n2ncc3c(N4CCOCC4)nc(-c4ccc(NC(=O)Nc5ccc(CCNCCN(C)C)cc5)cc4)nc32)CC1. The van der Waals surface area contributed by atoms with Crippen LogP contribution in [0, 0.1) is 0 Å². The minimum atomic E-state index is -0.319. The molecule has 260 valence electrons. The van der Waals surface area contributed by atoms with Crippen LogP contribution in [-0.4, -0.2) is 122 Å². The molecule has 0 aliphatic carbocycles. The van der Waals surface area contributed by atoms with Crippen LogP contribution < -0.4 is 20.9 Å². The van der Waals surface area contributed by atoms with E-state index < -0.39 is 0 Å². The minimum Gasteiger partial charge on any atom is -0.453 e. The number of ether oxygens (including phenoxy) is 2. The van der Waals surface area contributed by atoms with Gasteiger partial charge in [-0.05, 0) is 81.9 Å². The average Bonchev–Trinajstić information content (AvgIpc) is 3.56. The van der Waals surface area contributed by atoms with Gasteiger partial charge < -0.3 is 40.1 Å². The van der Waals surface area contributed by atoms with Crippen molar-refractivity contribution in [1.82, 2.24) is 34.9 Å². The number of carbonyl (C=O) groups excluding carboxylic acids is 2. The number of aromatic nitrogens is 4. The van der Waals surface area contributed by atoms with Crippen LogP contribution in [0.2, 0.25) is 0 Å². The lowest BCUT2D eigenvalue weighted by Gasteiger charge is -2.31. The van der Waals surface area contributed by atoms with E-state index in [1.165, 1.54) is 12.7 Å². The normalized spacial score (nSPS) is 15.5. The van der Waals surface area contributed by atoms with Gasteiger partial charge in [0.15, 0.2) is 11.5 Å². The fraction of sp³-hybridized carbons (Fsp3) is 0.457. The second-order valence-electron chi connectivity index (χ2n) is 12.6. The van der Waals surface area contributed by atoms with E-state index >= 15 is 0 Å². The fourth-order valence-corrected chi connectivity index (χ4v) is 6.16. The average molecular weight is 671 g/mol. The lowest BCUT2D eigenvalue weighted by atomic mass is 10.1. The number of carbonyl (C=O) groups is 2. The molecule has 6 rings (SSSR count). The number of urea groups is 1. The molecule has 0 bridgehead atoms. The molecular weight excluding hydrogens is 624 g/mol. The van der Waals surface area contributed by atoms with Gasteiger partial charge in [0.05, 0.1) is 37.9 Å². The Morgan fingerprint density at radius 3 is 2.24 bits per heavy atom. The van der Waals surface area contributed by atoms with Gasteiger partial charge in [-0.3, -0.25) is 0 Å². The number of rotatable bonds is 11. The zero-order chi connectivity index (χ0) is 34.2. The van der Waals surface area contributed by atoms with Crippen LogP contribution in [0.1, 0.15) is 24.4 Å². The second-order valence-corrected chi connectivity index (χ2v) is 12.6. The summed E-state index contributed by atoms with van der Waals surface area (Å²) in [5.74, 6) is 1.40. The van der Waals surface area contributed by atoms with Crippen molar-refractivity contribution in [3.63, 3.8) is 0 Å². The summed E-state index contributed by atoms with van der Waals surface area (Å²) in [6.45, 7) is 6.76. The van der Waals surface area contributed by atoms with Gasteiger partial charge in [0.1, 0.15) is 5.82 Å². The molecule has 49 heavy (non-hydrogen) atoms. The summed E-state index contributed by atoms with van der Waals surface area (Å²) in [6, 6.07) is 15.2. The minimum absolute atomic E-state index is 0.0927. The van der Waals surface area contributed by atoms with Crippen LogP contribution in [0.3, 0.4) is 0 Å². The number of methoxy groups -OCH3 is 1. The maximum Gasteiger partial charge on any atom is 0.409 e. The molecule has 4 aromatic rings. The number of morpholine rings is 1. The van der Waals surface area contributed by atoms with Crippen LogP contribution >= 0.6 is 0 Å². The predicted molar refractivity (Wildman–Crippen MR) is 190 cm³/mol. The Morgan fingerprint density at radius 2 is 1.59 bits per heavy atom. The zero-order valence-electron chi connectivity index (χ0n) is 28.5. The maximum absolute atomic E-state index is 12.8. The Kier molecular flexibility index (Phi) is 11.2. The van der Waals surface area contributed by atoms with Gasteiger partial charge in [0.2, 0.25) is 0 Å². The number of hydrogen-bond acceptors (Lipinski definition) is 10. The summed E-state index contributed by atoms with van der Waals surface area (Å²) in [4.78, 5) is 41.0. The van der Waals surface area contributed by atoms with Crippen LogP contribution in [0.15, 0.2) is 54.7 Å². The number of likely N-dealkylation sites (N-methyl/N-ethyl adjacent to an activating group) is 1. The molecule has 0 radical (unpaired) electrons. The first-order valence-electron chi connectivity index (χ1n) is 16.9. The molecule has 0 saturated carbocycles. The van der Waals surface area contributed by atoms with Gasteiger partial charge in [-0.25, -0.2) is 24.2 Å². The van der Waals surface area contributed by atoms with Crippen molar-refractivity contribution >= 4 is 40.4 Å². The monoisotopic (exact) mass is 670 g/mol. The molecule has 2 aliphatic rings. The first kappa shape index (κ1) is 34.1. The van der Waals surface area contributed by atoms with Gasteiger partial charge in [-0.1, -0.05) is 12.1 Å². The number of hydrogen-bond donors (Lipinski definition) is 3. The van der Waals surface area contributed by atoms with Gasteiger partial charge in [-0.15, -0.1) is 0 Å². The molecule has 14 nitrogen and oxygen atoms in total. The van der Waals surface area contributed by atoms with Crippen LogP contribution in [-0.2, 0) is 15.9 Å². The van der Waals surface area contributed by atoms with E-state index in [0.717, 1.165) is 80.1 Å². The Balaban J connectivity index is 1.13. The third kappa shape index (κ3) is 8.63. The van der Waals surface area contributed by atoms with Crippen molar-refractivity contribution in [2.45, 2.75) is 25.3 Å². The van der Waals surface area contributed by atoms with Crippen molar-refractivity contribution in [2.24, 2.45) is 0 Å².